The highest BCUT2D eigenvalue weighted by Crippen LogP contribution is 2.12. The van der Waals surface area contributed by atoms with Crippen LogP contribution in [0.1, 0.15) is 44.6 Å². The van der Waals surface area contributed by atoms with Crippen molar-refractivity contribution in [2.75, 3.05) is 19.6 Å². The molecule has 2 rings (SSSR count). The minimum Gasteiger partial charge on any atom is -0.374 e. The van der Waals surface area contributed by atoms with Gasteiger partial charge in [-0.2, -0.15) is 0 Å². The fourth-order valence-corrected chi connectivity index (χ4v) is 2.69. The Morgan fingerprint density at radius 1 is 1.15 bits per heavy atom. The van der Waals surface area contributed by atoms with Crippen LogP contribution in [0.5, 0.6) is 0 Å². The predicted molar refractivity (Wildman–Crippen MR) is 80.2 cm³/mol. The molecule has 1 heterocycles. The number of halogens is 1. The fourth-order valence-electron chi connectivity index (χ4n) is 2.69. The summed E-state index contributed by atoms with van der Waals surface area (Å²) in [6.07, 6.45) is 6.67. The maximum absolute atomic E-state index is 12.8. The van der Waals surface area contributed by atoms with Crippen LogP contribution in [-0.4, -0.2) is 30.6 Å². The van der Waals surface area contributed by atoms with Crippen LogP contribution in [0.4, 0.5) is 4.39 Å². The number of nitrogens with zero attached hydrogens (tertiary/aromatic N) is 1. The Hall–Kier alpha value is -0.930. The molecule has 0 radical (unpaired) electrons. The largest absolute Gasteiger partial charge is 0.374 e. The molecular formula is C17H26FNO. The number of benzene rings is 1. The van der Waals surface area contributed by atoms with Gasteiger partial charge in [0.25, 0.3) is 0 Å². The molecule has 20 heavy (non-hydrogen) atoms. The smallest absolute Gasteiger partial charge is 0.123 e. The summed E-state index contributed by atoms with van der Waals surface area (Å²) in [5.41, 5.74) is 1.04. The first kappa shape index (κ1) is 15.5. The molecule has 1 unspecified atom stereocenters. The van der Waals surface area contributed by atoms with Crippen molar-refractivity contribution >= 4 is 0 Å². The van der Waals surface area contributed by atoms with E-state index in [0.717, 1.165) is 12.0 Å². The van der Waals surface area contributed by atoms with E-state index < -0.39 is 0 Å². The first-order valence-corrected chi connectivity index (χ1v) is 7.82. The molecule has 0 spiro atoms. The molecule has 0 bridgehead atoms. The highest BCUT2D eigenvalue weighted by atomic mass is 19.1. The van der Waals surface area contributed by atoms with Crippen LogP contribution in [-0.2, 0) is 11.3 Å². The second-order valence-corrected chi connectivity index (χ2v) is 5.79. The monoisotopic (exact) mass is 279 g/mol. The summed E-state index contributed by atoms with van der Waals surface area (Å²) in [5.74, 6) is -0.191. The average Bonchev–Trinajstić information content (AvgIpc) is 2.48. The van der Waals surface area contributed by atoms with Crippen molar-refractivity contribution in [2.24, 2.45) is 0 Å². The van der Waals surface area contributed by atoms with E-state index in [9.17, 15) is 4.39 Å². The maximum atomic E-state index is 12.8. The van der Waals surface area contributed by atoms with E-state index in [0.29, 0.717) is 6.61 Å². The SMILES string of the molecule is CC(CCCN1CCCCC1)OCc1ccc(F)cc1. The summed E-state index contributed by atoms with van der Waals surface area (Å²) in [7, 11) is 0. The highest BCUT2D eigenvalue weighted by Gasteiger charge is 2.10. The Morgan fingerprint density at radius 2 is 1.85 bits per heavy atom. The van der Waals surface area contributed by atoms with Crippen molar-refractivity contribution < 1.29 is 9.13 Å². The van der Waals surface area contributed by atoms with Crippen LogP contribution < -0.4 is 0 Å². The average molecular weight is 279 g/mol. The quantitative estimate of drug-likeness (QED) is 0.748. The van der Waals surface area contributed by atoms with Crippen LogP contribution in [0.3, 0.4) is 0 Å². The lowest BCUT2D eigenvalue weighted by Crippen LogP contribution is -2.31. The van der Waals surface area contributed by atoms with E-state index >= 15 is 0 Å². The van der Waals surface area contributed by atoms with Gasteiger partial charge in [-0.3, -0.25) is 0 Å². The van der Waals surface area contributed by atoms with Crippen LogP contribution in [0.25, 0.3) is 0 Å². The van der Waals surface area contributed by atoms with Crippen LogP contribution >= 0.6 is 0 Å². The van der Waals surface area contributed by atoms with E-state index in [2.05, 4.69) is 11.8 Å². The van der Waals surface area contributed by atoms with Gasteiger partial charge in [-0.05, 0) is 69.9 Å². The number of hydrogen-bond acceptors (Lipinski definition) is 2. The molecule has 0 aliphatic carbocycles. The molecule has 0 aromatic heterocycles. The molecule has 1 aromatic rings. The van der Waals surface area contributed by atoms with E-state index in [1.807, 2.05) is 0 Å². The van der Waals surface area contributed by atoms with Gasteiger partial charge < -0.3 is 9.64 Å². The molecule has 112 valence electrons. The number of piperidine rings is 1. The minimum absolute atomic E-state index is 0.191. The zero-order valence-corrected chi connectivity index (χ0v) is 12.5. The van der Waals surface area contributed by atoms with Gasteiger partial charge in [0.05, 0.1) is 12.7 Å². The topological polar surface area (TPSA) is 12.5 Å². The summed E-state index contributed by atoms with van der Waals surface area (Å²) < 4.78 is 18.6. The van der Waals surface area contributed by atoms with E-state index in [1.54, 1.807) is 12.1 Å². The molecule has 0 saturated carbocycles. The molecule has 0 N–H and O–H groups in total. The van der Waals surface area contributed by atoms with Crippen LogP contribution in [0.15, 0.2) is 24.3 Å². The first-order valence-electron chi connectivity index (χ1n) is 7.82. The van der Waals surface area contributed by atoms with Crippen molar-refractivity contribution in [1.82, 2.24) is 4.90 Å². The third kappa shape index (κ3) is 5.59. The summed E-state index contributed by atoms with van der Waals surface area (Å²) >= 11 is 0. The van der Waals surface area contributed by atoms with Gasteiger partial charge in [0.15, 0.2) is 0 Å². The van der Waals surface area contributed by atoms with E-state index in [4.69, 9.17) is 4.74 Å². The Bertz CT molecular complexity index is 373. The molecule has 1 aromatic carbocycles. The summed E-state index contributed by atoms with van der Waals surface area (Å²) in [5, 5.41) is 0. The number of rotatable bonds is 7. The minimum atomic E-state index is -0.191. The molecule has 1 atom stereocenters. The first-order chi connectivity index (χ1) is 9.74. The number of hydrogen-bond donors (Lipinski definition) is 0. The van der Waals surface area contributed by atoms with Gasteiger partial charge in [-0.25, -0.2) is 4.39 Å². The van der Waals surface area contributed by atoms with Crippen molar-refractivity contribution in [2.45, 2.75) is 51.7 Å². The third-order valence-electron chi connectivity index (χ3n) is 3.98. The van der Waals surface area contributed by atoms with Crippen molar-refractivity contribution in [1.29, 1.82) is 0 Å². The van der Waals surface area contributed by atoms with Gasteiger partial charge in [-0.15, -0.1) is 0 Å². The van der Waals surface area contributed by atoms with Gasteiger partial charge in [0.2, 0.25) is 0 Å². The Morgan fingerprint density at radius 3 is 2.55 bits per heavy atom. The number of likely N-dealkylation sites (tertiary alicyclic amines) is 1. The van der Waals surface area contributed by atoms with Gasteiger partial charge in [-0.1, -0.05) is 18.6 Å². The standard InChI is InChI=1S/C17H26FNO/c1-15(6-5-13-19-11-3-2-4-12-19)20-14-16-7-9-17(18)10-8-16/h7-10,15H,2-6,11-14H2,1H3. The molecule has 1 fully saturated rings. The van der Waals surface area contributed by atoms with E-state index in [1.165, 1.54) is 57.5 Å². The number of ether oxygens (including phenoxy) is 1. The second-order valence-electron chi connectivity index (χ2n) is 5.79. The summed E-state index contributed by atoms with van der Waals surface area (Å²) in [6.45, 7) is 6.44. The molecule has 1 saturated heterocycles. The molecule has 3 heteroatoms. The maximum Gasteiger partial charge on any atom is 0.123 e. The zero-order chi connectivity index (χ0) is 14.2. The van der Waals surface area contributed by atoms with Crippen molar-refractivity contribution in [3.63, 3.8) is 0 Å². The lowest BCUT2D eigenvalue weighted by atomic mass is 10.1. The lowest BCUT2D eigenvalue weighted by molar-refractivity contribution is 0.0438. The Labute approximate surface area is 121 Å². The normalized spacial score (nSPS) is 18.1. The van der Waals surface area contributed by atoms with Crippen LogP contribution in [0, 0.1) is 5.82 Å². The summed E-state index contributed by atoms with van der Waals surface area (Å²) in [6, 6.07) is 6.55. The highest BCUT2D eigenvalue weighted by molar-refractivity contribution is 5.14. The third-order valence-corrected chi connectivity index (χ3v) is 3.98. The Balaban J connectivity index is 1.57. The van der Waals surface area contributed by atoms with Crippen molar-refractivity contribution in [3.8, 4) is 0 Å². The molecule has 1 aliphatic heterocycles. The van der Waals surface area contributed by atoms with E-state index in [-0.39, 0.29) is 11.9 Å². The van der Waals surface area contributed by atoms with Crippen LogP contribution in [0.2, 0.25) is 0 Å². The van der Waals surface area contributed by atoms with Gasteiger partial charge in [0, 0.05) is 0 Å². The predicted octanol–water partition coefficient (Wildman–Crippen LogP) is 4.00. The molecule has 0 amide bonds. The fraction of sp³-hybridized carbons (Fsp3) is 0.647. The molecule has 1 aliphatic rings. The molecule has 2 nitrogen and oxygen atoms in total. The van der Waals surface area contributed by atoms with Gasteiger partial charge >= 0.3 is 0 Å². The Kier molecular flexibility index (Phi) is 6.48. The van der Waals surface area contributed by atoms with Gasteiger partial charge in [0.1, 0.15) is 5.82 Å². The van der Waals surface area contributed by atoms with Crippen molar-refractivity contribution in [3.05, 3.63) is 35.6 Å². The second kappa shape index (κ2) is 8.38. The lowest BCUT2D eigenvalue weighted by Gasteiger charge is -2.26. The molecular weight excluding hydrogens is 253 g/mol. The summed E-state index contributed by atoms with van der Waals surface area (Å²) in [4.78, 5) is 2.57. The zero-order valence-electron chi connectivity index (χ0n) is 12.5.